The highest BCUT2D eigenvalue weighted by molar-refractivity contribution is 7.89. The van der Waals surface area contributed by atoms with Crippen molar-refractivity contribution < 1.29 is 13.2 Å². The fourth-order valence-electron chi connectivity index (χ4n) is 4.24. The van der Waals surface area contributed by atoms with Crippen LogP contribution in [0.2, 0.25) is 0 Å². The van der Waals surface area contributed by atoms with Crippen molar-refractivity contribution in [1.29, 1.82) is 0 Å². The first-order chi connectivity index (χ1) is 15.0. The molecule has 3 rings (SSSR count). The Labute approximate surface area is 186 Å². The summed E-state index contributed by atoms with van der Waals surface area (Å²) >= 11 is 0. The summed E-state index contributed by atoms with van der Waals surface area (Å²) in [5.41, 5.74) is 1.19. The van der Waals surface area contributed by atoms with E-state index in [4.69, 9.17) is 0 Å². The van der Waals surface area contributed by atoms with Crippen molar-refractivity contribution >= 4 is 15.9 Å². The normalized spacial score (nSPS) is 16.9. The summed E-state index contributed by atoms with van der Waals surface area (Å²) < 4.78 is 27.1. The molecule has 1 amide bonds. The van der Waals surface area contributed by atoms with Gasteiger partial charge in [-0.25, -0.2) is 8.42 Å². The van der Waals surface area contributed by atoms with Gasteiger partial charge in [0.05, 0.1) is 10.9 Å². The lowest BCUT2D eigenvalue weighted by molar-refractivity contribution is -0.126. The minimum absolute atomic E-state index is 0.0184. The summed E-state index contributed by atoms with van der Waals surface area (Å²) in [4.78, 5) is 15.5. The highest BCUT2D eigenvalue weighted by Crippen LogP contribution is 2.25. The van der Waals surface area contributed by atoms with E-state index in [-0.39, 0.29) is 17.9 Å². The smallest absolute Gasteiger partial charge is 0.243 e. The number of carbonyl (C=O) groups is 1. The van der Waals surface area contributed by atoms with Gasteiger partial charge in [-0.2, -0.15) is 4.31 Å². The van der Waals surface area contributed by atoms with Crippen molar-refractivity contribution in [2.24, 2.45) is 5.92 Å². The summed E-state index contributed by atoms with van der Waals surface area (Å²) in [6, 6.07) is 18.9. The Morgan fingerprint density at radius 3 is 2.10 bits per heavy atom. The molecule has 0 aromatic heterocycles. The lowest BCUT2D eigenvalue weighted by Gasteiger charge is -2.33. The Bertz CT molecular complexity index is 923. The van der Waals surface area contributed by atoms with E-state index < -0.39 is 10.0 Å². The van der Waals surface area contributed by atoms with Crippen molar-refractivity contribution in [1.82, 2.24) is 14.5 Å². The first-order valence-electron chi connectivity index (χ1n) is 11.1. The summed E-state index contributed by atoms with van der Waals surface area (Å²) in [7, 11) is -3.50. The Hall–Kier alpha value is -2.22. The largest absolute Gasteiger partial charge is 0.354 e. The van der Waals surface area contributed by atoms with E-state index >= 15 is 0 Å². The average molecular weight is 444 g/mol. The summed E-state index contributed by atoms with van der Waals surface area (Å²) in [6.45, 7) is 7.35. The molecule has 0 radical (unpaired) electrons. The lowest BCUT2D eigenvalue weighted by Crippen LogP contribution is -2.45. The zero-order chi connectivity index (χ0) is 22.3. The van der Waals surface area contributed by atoms with Gasteiger partial charge in [-0.1, -0.05) is 62.4 Å². The van der Waals surface area contributed by atoms with Gasteiger partial charge in [0.1, 0.15) is 0 Å². The van der Waals surface area contributed by atoms with Gasteiger partial charge in [-0.15, -0.1) is 0 Å². The number of amides is 1. The van der Waals surface area contributed by atoms with Crippen LogP contribution < -0.4 is 5.32 Å². The molecule has 1 aliphatic heterocycles. The molecule has 2 aromatic rings. The number of rotatable bonds is 9. The van der Waals surface area contributed by atoms with Crippen LogP contribution >= 0.6 is 0 Å². The molecule has 0 unspecified atom stereocenters. The van der Waals surface area contributed by atoms with Gasteiger partial charge in [-0.05, 0) is 43.6 Å². The first kappa shape index (κ1) is 23.4. The Morgan fingerprint density at radius 1 is 1.00 bits per heavy atom. The monoisotopic (exact) mass is 443 g/mol. The van der Waals surface area contributed by atoms with Crippen LogP contribution in [-0.2, 0) is 14.8 Å². The lowest BCUT2D eigenvalue weighted by atomic mass is 9.97. The summed E-state index contributed by atoms with van der Waals surface area (Å²) in [6.07, 6.45) is 1.08. The molecule has 168 valence electrons. The number of likely N-dealkylation sites (N-methyl/N-ethyl adjacent to an activating group) is 1. The molecule has 0 aliphatic carbocycles. The first-order valence-corrected chi connectivity index (χ1v) is 12.5. The Kier molecular flexibility index (Phi) is 8.23. The van der Waals surface area contributed by atoms with Crippen LogP contribution in [0.15, 0.2) is 65.6 Å². The SMILES string of the molecule is CCN(CC)[C@H](CNC(=O)C1CCN(S(=O)(=O)c2ccccc2)CC1)c1ccccc1. The molecule has 7 heteroatoms. The van der Waals surface area contributed by atoms with Crippen molar-refractivity contribution in [3.8, 4) is 0 Å². The summed E-state index contributed by atoms with van der Waals surface area (Å²) in [5, 5.41) is 3.14. The molecule has 1 saturated heterocycles. The molecule has 6 nitrogen and oxygen atoms in total. The quantitative estimate of drug-likeness (QED) is 0.646. The molecule has 31 heavy (non-hydrogen) atoms. The average Bonchev–Trinajstić information content (AvgIpc) is 2.82. The van der Waals surface area contributed by atoms with E-state index in [0.717, 1.165) is 13.1 Å². The number of benzene rings is 2. The highest BCUT2D eigenvalue weighted by Gasteiger charge is 2.32. The van der Waals surface area contributed by atoms with E-state index in [1.165, 1.54) is 9.87 Å². The molecule has 2 aromatic carbocycles. The molecule has 1 aliphatic rings. The van der Waals surface area contributed by atoms with Crippen molar-refractivity contribution in [2.45, 2.75) is 37.6 Å². The van der Waals surface area contributed by atoms with Crippen LogP contribution in [0.1, 0.15) is 38.3 Å². The predicted octanol–water partition coefficient (Wildman–Crippen LogP) is 3.29. The fourth-order valence-corrected chi connectivity index (χ4v) is 5.73. The third-order valence-electron chi connectivity index (χ3n) is 6.11. The van der Waals surface area contributed by atoms with E-state index in [0.29, 0.717) is 37.4 Å². The number of nitrogens with one attached hydrogen (secondary N) is 1. The number of sulfonamides is 1. The van der Waals surface area contributed by atoms with Gasteiger partial charge >= 0.3 is 0 Å². The standard InChI is InChI=1S/C24H33N3O3S/c1-3-26(4-2)23(20-11-7-5-8-12-20)19-25-24(28)21-15-17-27(18-16-21)31(29,30)22-13-9-6-10-14-22/h5-14,21,23H,3-4,15-19H2,1-2H3,(H,25,28)/t23-/m1/s1. The van der Waals surface area contributed by atoms with E-state index in [1.807, 2.05) is 18.2 Å². The minimum atomic E-state index is -3.50. The zero-order valence-corrected chi connectivity index (χ0v) is 19.2. The number of nitrogens with zero attached hydrogens (tertiary/aromatic N) is 2. The Balaban J connectivity index is 1.58. The van der Waals surface area contributed by atoms with Crippen LogP contribution in [0.5, 0.6) is 0 Å². The molecule has 1 heterocycles. The molecule has 0 spiro atoms. The minimum Gasteiger partial charge on any atom is -0.354 e. The predicted molar refractivity (Wildman–Crippen MR) is 123 cm³/mol. The molecular weight excluding hydrogens is 410 g/mol. The molecule has 0 bridgehead atoms. The molecule has 0 saturated carbocycles. The van der Waals surface area contributed by atoms with E-state index in [1.54, 1.807) is 30.3 Å². The van der Waals surface area contributed by atoms with Gasteiger partial charge in [0, 0.05) is 25.6 Å². The third-order valence-corrected chi connectivity index (χ3v) is 8.03. The van der Waals surface area contributed by atoms with Crippen LogP contribution in [0.25, 0.3) is 0 Å². The number of piperidine rings is 1. The summed E-state index contributed by atoms with van der Waals surface area (Å²) in [5.74, 6) is -0.139. The number of hydrogen-bond donors (Lipinski definition) is 1. The second-order valence-corrected chi connectivity index (χ2v) is 9.82. The second kappa shape index (κ2) is 10.9. The zero-order valence-electron chi connectivity index (χ0n) is 18.4. The molecule has 1 fully saturated rings. The van der Waals surface area contributed by atoms with Crippen LogP contribution in [-0.4, -0.2) is 56.3 Å². The van der Waals surface area contributed by atoms with Gasteiger partial charge in [0.2, 0.25) is 15.9 Å². The van der Waals surface area contributed by atoms with Gasteiger partial charge in [0.25, 0.3) is 0 Å². The fraction of sp³-hybridized carbons (Fsp3) is 0.458. The topological polar surface area (TPSA) is 69.7 Å². The van der Waals surface area contributed by atoms with E-state index in [2.05, 4.69) is 36.2 Å². The van der Waals surface area contributed by atoms with Gasteiger partial charge < -0.3 is 5.32 Å². The molecule has 1 N–H and O–H groups in total. The Morgan fingerprint density at radius 2 is 1.55 bits per heavy atom. The van der Waals surface area contributed by atoms with Gasteiger partial charge in [-0.3, -0.25) is 9.69 Å². The van der Waals surface area contributed by atoms with E-state index in [9.17, 15) is 13.2 Å². The third kappa shape index (κ3) is 5.73. The van der Waals surface area contributed by atoms with Crippen LogP contribution in [0.4, 0.5) is 0 Å². The maximum absolute atomic E-state index is 12.9. The van der Waals surface area contributed by atoms with Crippen molar-refractivity contribution in [2.75, 3.05) is 32.7 Å². The number of carbonyl (C=O) groups excluding carboxylic acids is 1. The highest BCUT2D eigenvalue weighted by atomic mass is 32.2. The van der Waals surface area contributed by atoms with Gasteiger partial charge in [0.15, 0.2) is 0 Å². The van der Waals surface area contributed by atoms with Crippen LogP contribution in [0.3, 0.4) is 0 Å². The van der Waals surface area contributed by atoms with Crippen LogP contribution in [0, 0.1) is 5.92 Å². The maximum Gasteiger partial charge on any atom is 0.243 e. The molecular formula is C24H33N3O3S. The molecule has 1 atom stereocenters. The maximum atomic E-state index is 12.9. The van der Waals surface area contributed by atoms with Crippen molar-refractivity contribution in [3.05, 3.63) is 66.2 Å². The second-order valence-electron chi connectivity index (χ2n) is 7.88. The van der Waals surface area contributed by atoms with Crippen molar-refractivity contribution in [3.63, 3.8) is 0 Å². The number of hydrogen-bond acceptors (Lipinski definition) is 4.